The van der Waals surface area contributed by atoms with Gasteiger partial charge in [0.1, 0.15) is 0 Å². The second-order valence-electron chi connectivity index (χ2n) is 6.08. The van der Waals surface area contributed by atoms with Crippen LogP contribution in [0, 0.1) is 5.92 Å². The Balaban J connectivity index is 0.00000361. The van der Waals surface area contributed by atoms with Crippen molar-refractivity contribution < 1.29 is 0 Å². The molecule has 1 aliphatic carbocycles. The molecule has 0 saturated heterocycles. The average molecular weight is 396 g/mol. The zero-order valence-corrected chi connectivity index (χ0v) is 16.1. The van der Waals surface area contributed by atoms with Crippen molar-refractivity contribution in [2.45, 2.75) is 59.0 Å². The Labute approximate surface area is 142 Å². The molecule has 4 nitrogen and oxygen atoms in total. The van der Waals surface area contributed by atoms with E-state index in [1.165, 1.54) is 19.3 Å². The highest BCUT2D eigenvalue weighted by atomic mass is 127. The molecule has 1 fully saturated rings. The highest BCUT2D eigenvalue weighted by Crippen LogP contribution is 2.31. The Morgan fingerprint density at radius 2 is 1.65 bits per heavy atom. The van der Waals surface area contributed by atoms with E-state index < -0.39 is 0 Å². The van der Waals surface area contributed by atoms with Gasteiger partial charge in [-0.2, -0.15) is 0 Å². The monoisotopic (exact) mass is 396 g/mol. The van der Waals surface area contributed by atoms with Crippen molar-refractivity contribution in [3.05, 3.63) is 0 Å². The minimum Gasteiger partial charge on any atom is -0.356 e. The second kappa shape index (κ2) is 10.7. The number of rotatable bonds is 8. The van der Waals surface area contributed by atoms with Gasteiger partial charge in [0.05, 0.1) is 0 Å². The number of nitrogens with zero attached hydrogens (tertiary/aromatic N) is 2. The van der Waals surface area contributed by atoms with E-state index in [0.29, 0.717) is 12.1 Å². The number of nitrogens with one attached hydrogen (secondary N) is 2. The highest BCUT2D eigenvalue weighted by Gasteiger charge is 2.20. The molecule has 0 aromatic heterocycles. The summed E-state index contributed by atoms with van der Waals surface area (Å²) in [6, 6.07) is 1.18. The summed E-state index contributed by atoms with van der Waals surface area (Å²) in [5, 5.41) is 6.79. The van der Waals surface area contributed by atoms with Crippen molar-refractivity contribution in [1.82, 2.24) is 15.5 Å². The van der Waals surface area contributed by atoms with Gasteiger partial charge in [-0.15, -0.1) is 24.0 Å². The molecule has 5 heteroatoms. The quantitative estimate of drug-likeness (QED) is 0.377. The van der Waals surface area contributed by atoms with Gasteiger partial charge in [-0.3, -0.25) is 9.89 Å². The van der Waals surface area contributed by atoms with Crippen LogP contribution < -0.4 is 10.6 Å². The van der Waals surface area contributed by atoms with E-state index in [1.54, 1.807) is 0 Å². The lowest BCUT2D eigenvalue weighted by atomic mass is 10.2. The first-order valence-corrected chi connectivity index (χ1v) is 7.74. The molecule has 0 amide bonds. The summed E-state index contributed by atoms with van der Waals surface area (Å²) in [4.78, 5) is 6.76. The van der Waals surface area contributed by atoms with Crippen molar-refractivity contribution in [3.8, 4) is 0 Å². The van der Waals surface area contributed by atoms with Crippen LogP contribution in [0.25, 0.3) is 0 Å². The largest absolute Gasteiger partial charge is 0.356 e. The fourth-order valence-electron chi connectivity index (χ4n) is 2.44. The van der Waals surface area contributed by atoms with Gasteiger partial charge in [-0.25, -0.2) is 0 Å². The first kappa shape index (κ1) is 20.0. The molecule has 0 aromatic rings. The minimum atomic E-state index is 0. The number of halogens is 1. The molecule has 0 radical (unpaired) electrons. The zero-order valence-electron chi connectivity index (χ0n) is 13.8. The van der Waals surface area contributed by atoms with Gasteiger partial charge in [0, 0.05) is 38.8 Å². The number of hydrogen-bond donors (Lipinski definition) is 2. The Morgan fingerprint density at radius 1 is 1.10 bits per heavy atom. The predicted molar refractivity (Wildman–Crippen MR) is 99.1 cm³/mol. The lowest BCUT2D eigenvalue weighted by molar-refractivity contribution is 0.178. The third-order valence-electron chi connectivity index (χ3n) is 3.75. The molecular weight excluding hydrogens is 363 g/mol. The fourth-order valence-corrected chi connectivity index (χ4v) is 2.44. The smallest absolute Gasteiger partial charge is 0.191 e. The molecule has 0 unspecified atom stereocenters. The van der Waals surface area contributed by atoms with Crippen LogP contribution in [-0.4, -0.2) is 49.6 Å². The summed E-state index contributed by atoms with van der Waals surface area (Å²) >= 11 is 0. The molecular formula is C15H33IN4. The Hall–Kier alpha value is -0.0400. The summed E-state index contributed by atoms with van der Waals surface area (Å²) < 4.78 is 0. The summed E-state index contributed by atoms with van der Waals surface area (Å²) in [6.45, 7) is 12.1. The maximum atomic E-state index is 4.27. The highest BCUT2D eigenvalue weighted by molar-refractivity contribution is 14.0. The molecule has 2 N–H and O–H groups in total. The summed E-state index contributed by atoms with van der Waals surface area (Å²) in [5.74, 6) is 1.91. The number of hydrogen-bond acceptors (Lipinski definition) is 2. The Morgan fingerprint density at radius 3 is 2.10 bits per heavy atom. The maximum absolute atomic E-state index is 4.27. The summed E-state index contributed by atoms with van der Waals surface area (Å²) in [6.07, 6.45) is 4.13. The summed E-state index contributed by atoms with van der Waals surface area (Å²) in [5.41, 5.74) is 0. The molecule has 0 heterocycles. The van der Waals surface area contributed by atoms with Crippen LogP contribution in [0.1, 0.15) is 47.0 Å². The third-order valence-corrected chi connectivity index (χ3v) is 3.75. The van der Waals surface area contributed by atoms with Crippen LogP contribution in [-0.2, 0) is 0 Å². The Kier molecular flexibility index (Phi) is 10.6. The van der Waals surface area contributed by atoms with Crippen LogP contribution >= 0.6 is 24.0 Å². The molecule has 0 bridgehead atoms. The van der Waals surface area contributed by atoms with Gasteiger partial charge in [-0.05, 0) is 40.0 Å². The average Bonchev–Trinajstić information content (AvgIpc) is 3.15. The van der Waals surface area contributed by atoms with Crippen LogP contribution in [0.15, 0.2) is 4.99 Å². The topological polar surface area (TPSA) is 39.7 Å². The molecule has 0 aliphatic heterocycles. The van der Waals surface area contributed by atoms with Gasteiger partial charge >= 0.3 is 0 Å². The van der Waals surface area contributed by atoms with Crippen LogP contribution in [0.5, 0.6) is 0 Å². The number of aliphatic imine (C=N–C) groups is 1. The molecule has 0 atom stereocenters. The van der Waals surface area contributed by atoms with E-state index in [9.17, 15) is 0 Å². The SMILES string of the molecule is CN=C(NCCC1CC1)NCCN(C(C)C)C(C)C.I. The van der Waals surface area contributed by atoms with Gasteiger partial charge in [-0.1, -0.05) is 12.8 Å². The maximum Gasteiger partial charge on any atom is 0.191 e. The molecule has 0 spiro atoms. The fraction of sp³-hybridized carbons (Fsp3) is 0.933. The molecule has 1 saturated carbocycles. The van der Waals surface area contributed by atoms with Crippen molar-refractivity contribution in [3.63, 3.8) is 0 Å². The molecule has 1 aliphatic rings. The molecule has 120 valence electrons. The van der Waals surface area contributed by atoms with Crippen LogP contribution in [0.3, 0.4) is 0 Å². The lowest BCUT2D eigenvalue weighted by Crippen LogP contribution is -2.45. The third kappa shape index (κ3) is 8.29. The van der Waals surface area contributed by atoms with Crippen LogP contribution in [0.2, 0.25) is 0 Å². The molecule has 20 heavy (non-hydrogen) atoms. The van der Waals surface area contributed by atoms with E-state index in [0.717, 1.165) is 31.5 Å². The number of guanidine groups is 1. The molecule has 1 rings (SSSR count). The summed E-state index contributed by atoms with van der Waals surface area (Å²) in [7, 11) is 1.84. The van der Waals surface area contributed by atoms with E-state index in [-0.39, 0.29) is 24.0 Å². The first-order chi connectivity index (χ1) is 9.04. The Bertz CT molecular complexity index is 267. The van der Waals surface area contributed by atoms with E-state index >= 15 is 0 Å². The van der Waals surface area contributed by atoms with Gasteiger partial charge < -0.3 is 10.6 Å². The first-order valence-electron chi connectivity index (χ1n) is 7.74. The second-order valence-corrected chi connectivity index (χ2v) is 6.08. The van der Waals surface area contributed by atoms with E-state index in [4.69, 9.17) is 0 Å². The van der Waals surface area contributed by atoms with Crippen molar-refractivity contribution in [2.24, 2.45) is 10.9 Å². The lowest BCUT2D eigenvalue weighted by Gasteiger charge is -2.30. The van der Waals surface area contributed by atoms with Crippen LogP contribution in [0.4, 0.5) is 0 Å². The van der Waals surface area contributed by atoms with Gasteiger partial charge in [0.15, 0.2) is 5.96 Å². The van der Waals surface area contributed by atoms with Gasteiger partial charge in [0.2, 0.25) is 0 Å². The van der Waals surface area contributed by atoms with Crippen molar-refractivity contribution >= 4 is 29.9 Å². The van der Waals surface area contributed by atoms with Crippen molar-refractivity contribution in [2.75, 3.05) is 26.7 Å². The minimum absolute atomic E-state index is 0. The standard InChI is InChI=1S/C15H32N4.HI/c1-12(2)19(13(3)4)11-10-18-15(16-5)17-9-8-14-6-7-14;/h12-14H,6-11H2,1-5H3,(H2,16,17,18);1H. The van der Waals surface area contributed by atoms with E-state index in [2.05, 4.69) is 48.2 Å². The predicted octanol–water partition coefficient (Wildman–Crippen LogP) is 2.69. The van der Waals surface area contributed by atoms with E-state index in [1.807, 2.05) is 7.05 Å². The van der Waals surface area contributed by atoms with Gasteiger partial charge in [0.25, 0.3) is 0 Å². The normalized spacial score (nSPS) is 15.7. The zero-order chi connectivity index (χ0) is 14.3. The molecule has 0 aromatic carbocycles. The van der Waals surface area contributed by atoms with Crippen molar-refractivity contribution in [1.29, 1.82) is 0 Å².